The van der Waals surface area contributed by atoms with Crippen LogP contribution in [0.5, 0.6) is 5.75 Å². The van der Waals surface area contributed by atoms with Crippen LogP contribution in [-0.2, 0) is 6.61 Å². The highest BCUT2D eigenvalue weighted by Crippen LogP contribution is 2.24. The molecule has 0 amide bonds. The fourth-order valence-electron chi connectivity index (χ4n) is 1.09. The molecule has 0 aliphatic heterocycles. The van der Waals surface area contributed by atoms with Crippen molar-refractivity contribution in [1.29, 1.82) is 0 Å². The molecule has 15 heavy (non-hydrogen) atoms. The van der Waals surface area contributed by atoms with Crippen molar-refractivity contribution in [1.82, 2.24) is 5.16 Å². The summed E-state index contributed by atoms with van der Waals surface area (Å²) in [5, 5.41) is 4.09. The molecule has 0 aliphatic rings. The van der Waals surface area contributed by atoms with E-state index in [0.29, 0.717) is 22.2 Å². The Labute approximate surface area is 91.6 Å². The third kappa shape index (κ3) is 2.22. The minimum atomic E-state index is 0.218. The van der Waals surface area contributed by atoms with E-state index in [4.69, 9.17) is 26.6 Å². The summed E-state index contributed by atoms with van der Waals surface area (Å²) in [7, 11) is 0. The van der Waals surface area contributed by atoms with Gasteiger partial charge in [0.25, 0.3) is 0 Å². The molecule has 1 heterocycles. The second kappa shape index (κ2) is 4.23. The number of benzene rings is 1. The first-order valence-electron chi connectivity index (χ1n) is 4.33. The highest BCUT2D eigenvalue weighted by atomic mass is 35.5. The molecule has 78 valence electrons. The van der Waals surface area contributed by atoms with Gasteiger partial charge in [-0.3, -0.25) is 0 Å². The summed E-state index contributed by atoms with van der Waals surface area (Å²) < 4.78 is 10.3. The number of aromatic nitrogens is 1. The number of hydrogen-bond donors (Lipinski definition) is 1. The number of para-hydroxylation sites is 1. The van der Waals surface area contributed by atoms with E-state index in [1.807, 2.05) is 12.1 Å². The van der Waals surface area contributed by atoms with Gasteiger partial charge in [-0.1, -0.05) is 28.9 Å². The van der Waals surface area contributed by atoms with Gasteiger partial charge in [0.15, 0.2) is 12.4 Å². The van der Waals surface area contributed by atoms with Gasteiger partial charge in [-0.15, -0.1) is 0 Å². The minimum absolute atomic E-state index is 0.218. The van der Waals surface area contributed by atoms with Crippen molar-refractivity contribution in [2.75, 3.05) is 5.73 Å². The lowest BCUT2D eigenvalue weighted by atomic mass is 10.3. The molecule has 0 radical (unpaired) electrons. The topological polar surface area (TPSA) is 61.3 Å². The monoisotopic (exact) mass is 224 g/mol. The fraction of sp³-hybridized carbons (Fsp3) is 0.100. The molecular formula is C10H9ClN2O2. The summed E-state index contributed by atoms with van der Waals surface area (Å²) in [6.07, 6.45) is 1.44. The van der Waals surface area contributed by atoms with E-state index in [9.17, 15) is 0 Å². The number of halogens is 1. The quantitative estimate of drug-likeness (QED) is 0.870. The lowest BCUT2D eigenvalue weighted by Gasteiger charge is -2.05. The zero-order chi connectivity index (χ0) is 10.7. The Balaban J connectivity index is 2.06. The van der Waals surface area contributed by atoms with Crippen LogP contribution >= 0.6 is 11.6 Å². The van der Waals surface area contributed by atoms with Crippen molar-refractivity contribution in [2.24, 2.45) is 0 Å². The summed E-state index contributed by atoms with van der Waals surface area (Å²) in [5.41, 5.74) is 6.05. The normalized spacial score (nSPS) is 10.2. The second-order valence-electron chi connectivity index (χ2n) is 2.92. The first-order chi connectivity index (χ1) is 7.27. The molecule has 1 aromatic carbocycles. The maximum atomic E-state index is 5.90. The molecule has 0 unspecified atom stereocenters. The van der Waals surface area contributed by atoms with E-state index >= 15 is 0 Å². The van der Waals surface area contributed by atoms with E-state index in [-0.39, 0.29) is 6.61 Å². The Morgan fingerprint density at radius 2 is 2.20 bits per heavy atom. The van der Waals surface area contributed by atoms with Crippen molar-refractivity contribution in [3.63, 3.8) is 0 Å². The van der Waals surface area contributed by atoms with E-state index in [1.165, 1.54) is 6.20 Å². The molecule has 0 spiro atoms. The summed E-state index contributed by atoms with van der Waals surface area (Å²) in [4.78, 5) is 0. The van der Waals surface area contributed by atoms with Crippen LogP contribution in [0.4, 0.5) is 5.69 Å². The van der Waals surface area contributed by atoms with Crippen LogP contribution in [0, 0.1) is 0 Å². The number of ether oxygens (including phenoxy) is 1. The third-order valence-corrected chi connectivity index (χ3v) is 2.18. The smallest absolute Gasteiger partial charge is 0.196 e. The van der Waals surface area contributed by atoms with Crippen LogP contribution in [0.3, 0.4) is 0 Å². The molecule has 0 fully saturated rings. The van der Waals surface area contributed by atoms with E-state index < -0.39 is 0 Å². The Hall–Kier alpha value is -1.68. The molecule has 2 aromatic rings. The number of nitrogens with two attached hydrogens (primary N) is 1. The first kappa shape index (κ1) is 9.86. The summed E-state index contributed by atoms with van der Waals surface area (Å²) in [5.74, 6) is 1.09. The maximum Gasteiger partial charge on any atom is 0.196 e. The molecule has 0 saturated heterocycles. The zero-order valence-corrected chi connectivity index (χ0v) is 8.57. The average molecular weight is 225 g/mol. The SMILES string of the molecule is Nc1cnoc1COc1ccccc1Cl. The Morgan fingerprint density at radius 3 is 2.87 bits per heavy atom. The predicted octanol–water partition coefficient (Wildman–Crippen LogP) is 2.49. The van der Waals surface area contributed by atoms with Crippen molar-refractivity contribution in [2.45, 2.75) is 6.61 Å². The van der Waals surface area contributed by atoms with E-state index in [2.05, 4.69) is 5.16 Å². The van der Waals surface area contributed by atoms with Gasteiger partial charge in [-0.25, -0.2) is 0 Å². The summed E-state index contributed by atoms with van der Waals surface area (Å²) in [6.45, 7) is 0.218. The van der Waals surface area contributed by atoms with Gasteiger partial charge in [0, 0.05) is 0 Å². The van der Waals surface area contributed by atoms with Crippen molar-refractivity contribution >= 4 is 17.3 Å². The third-order valence-electron chi connectivity index (χ3n) is 1.87. The molecule has 4 nitrogen and oxygen atoms in total. The van der Waals surface area contributed by atoms with Crippen LogP contribution in [-0.4, -0.2) is 5.16 Å². The van der Waals surface area contributed by atoms with Crippen molar-refractivity contribution in [3.05, 3.63) is 41.2 Å². The molecule has 0 aliphatic carbocycles. The standard InChI is InChI=1S/C10H9ClN2O2/c11-7-3-1-2-4-9(7)14-6-10-8(12)5-13-15-10/h1-5H,6,12H2. The van der Waals surface area contributed by atoms with E-state index in [0.717, 1.165) is 0 Å². The molecule has 0 atom stereocenters. The van der Waals surface area contributed by atoms with Crippen LogP contribution < -0.4 is 10.5 Å². The van der Waals surface area contributed by atoms with Gasteiger partial charge in [-0.2, -0.15) is 0 Å². The molecule has 2 N–H and O–H groups in total. The van der Waals surface area contributed by atoms with Crippen molar-refractivity contribution < 1.29 is 9.26 Å². The van der Waals surface area contributed by atoms with Crippen LogP contribution in [0.15, 0.2) is 35.0 Å². The zero-order valence-electron chi connectivity index (χ0n) is 7.81. The Kier molecular flexibility index (Phi) is 2.78. The number of nitrogen functional groups attached to an aromatic ring is 1. The lowest BCUT2D eigenvalue weighted by molar-refractivity contribution is 0.250. The molecule has 0 saturated carbocycles. The Morgan fingerprint density at radius 1 is 1.40 bits per heavy atom. The largest absolute Gasteiger partial charge is 0.484 e. The van der Waals surface area contributed by atoms with Crippen LogP contribution in [0.2, 0.25) is 5.02 Å². The Bertz CT molecular complexity index is 456. The number of hydrogen-bond acceptors (Lipinski definition) is 4. The van der Waals surface area contributed by atoms with Crippen LogP contribution in [0.25, 0.3) is 0 Å². The molecule has 2 rings (SSSR count). The van der Waals surface area contributed by atoms with Gasteiger partial charge >= 0.3 is 0 Å². The minimum Gasteiger partial charge on any atom is -0.484 e. The summed E-state index contributed by atoms with van der Waals surface area (Å²) in [6, 6.07) is 7.19. The number of rotatable bonds is 3. The summed E-state index contributed by atoms with van der Waals surface area (Å²) >= 11 is 5.90. The van der Waals surface area contributed by atoms with Gasteiger partial charge in [0.2, 0.25) is 0 Å². The van der Waals surface area contributed by atoms with E-state index in [1.54, 1.807) is 12.1 Å². The second-order valence-corrected chi connectivity index (χ2v) is 3.33. The molecule has 5 heteroatoms. The van der Waals surface area contributed by atoms with Crippen LogP contribution in [0.1, 0.15) is 5.76 Å². The highest BCUT2D eigenvalue weighted by molar-refractivity contribution is 6.32. The highest BCUT2D eigenvalue weighted by Gasteiger charge is 2.06. The molecule has 0 bridgehead atoms. The van der Waals surface area contributed by atoms with Gasteiger partial charge in [0.1, 0.15) is 5.75 Å². The molecular weight excluding hydrogens is 216 g/mol. The fourth-order valence-corrected chi connectivity index (χ4v) is 1.28. The molecule has 1 aromatic heterocycles. The van der Waals surface area contributed by atoms with Gasteiger partial charge < -0.3 is 15.0 Å². The van der Waals surface area contributed by atoms with Crippen molar-refractivity contribution in [3.8, 4) is 5.75 Å². The lowest BCUT2D eigenvalue weighted by Crippen LogP contribution is -1.97. The number of anilines is 1. The predicted molar refractivity (Wildman–Crippen MR) is 56.7 cm³/mol. The maximum absolute atomic E-state index is 5.90. The average Bonchev–Trinajstić information content (AvgIpc) is 2.63. The first-order valence-corrected chi connectivity index (χ1v) is 4.71. The number of nitrogens with zero attached hydrogens (tertiary/aromatic N) is 1. The van der Waals surface area contributed by atoms with Gasteiger partial charge in [0.05, 0.1) is 16.9 Å². The van der Waals surface area contributed by atoms with Gasteiger partial charge in [-0.05, 0) is 12.1 Å².